The van der Waals surface area contributed by atoms with Crippen molar-refractivity contribution in [1.29, 1.82) is 0 Å². The van der Waals surface area contributed by atoms with Gasteiger partial charge in [0, 0.05) is 17.1 Å². The highest BCUT2D eigenvalue weighted by Crippen LogP contribution is 2.46. The molecule has 0 aromatic heterocycles. The molecule has 184 valence electrons. The standard InChI is InChI=1S/C33H41NO/c1-24(2)19-26-21-28(33(4,5)6)22-27(26)23-35-32-17-15-30(16-18-32)34(29-12-8-7-9-13-29)31-14-10-11-25(3)20-31/h7-20,26-28H,21-23H2,1-6H3. The molecule has 0 aliphatic heterocycles. The molecule has 1 aliphatic carbocycles. The first-order valence-corrected chi connectivity index (χ1v) is 13.0. The summed E-state index contributed by atoms with van der Waals surface area (Å²) in [5, 5.41) is 0. The molecule has 35 heavy (non-hydrogen) atoms. The molecule has 1 saturated carbocycles. The lowest BCUT2D eigenvalue weighted by molar-refractivity contribution is 0.208. The Balaban J connectivity index is 1.51. The van der Waals surface area contributed by atoms with Crippen LogP contribution in [0.15, 0.2) is 90.5 Å². The van der Waals surface area contributed by atoms with E-state index in [0.29, 0.717) is 17.3 Å². The molecule has 2 heteroatoms. The molecule has 0 heterocycles. The molecule has 4 rings (SSSR count). The molecule has 3 aromatic rings. The largest absolute Gasteiger partial charge is 0.493 e. The second-order valence-corrected chi connectivity index (χ2v) is 11.5. The van der Waals surface area contributed by atoms with Gasteiger partial charge in [-0.15, -0.1) is 0 Å². The van der Waals surface area contributed by atoms with Crippen molar-refractivity contribution in [3.05, 3.63) is 96.1 Å². The number of ether oxygens (including phenoxy) is 1. The van der Waals surface area contributed by atoms with Crippen LogP contribution in [0.1, 0.15) is 53.0 Å². The van der Waals surface area contributed by atoms with Gasteiger partial charge in [0.2, 0.25) is 0 Å². The van der Waals surface area contributed by atoms with E-state index in [-0.39, 0.29) is 0 Å². The van der Waals surface area contributed by atoms with Crippen molar-refractivity contribution in [1.82, 2.24) is 0 Å². The number of anilines is 3. The summed E-state index contributed by atoms with van der Waals surface area (Å²) < 4.78 is 6.38. The van der Waals surface area contributed by atoms with Crippen molar-refractivity contribution in [3.8, 4) is 5.75 Å². The summed E-state index contributed by atoms with van der Waals surface area (Å²) in [4.78, 5) is 2.30. The Morgan fingerprint density at radius 3 is 2.14 bits per heavy atom. The third-order valence-corrected chi connectivity index (χ3v) is 7.35. The predicted octanol–water partition coefficient (Wildman–Crippen LogP) is 9.50. The number of hydrogen-bond donors (Lipinski definition) is 0. The fourth-order valence-electron chi connectivity index (χ4n) is 5.37. The van der Waals surface area contributed by atoms with Crippen LogP contribution >= 0.6 is 0 Å². The van der Waals surface area contributed by atoms with Gasteiger partial charge in [0.05, 0.1) is 6.61 Å². The SMILES string of the molecule is CC(C)=CC1CC(C(C)(C)C)CC1COc1ccc(N(c2ccccc2)c2cccc(C)c2)cc1. The Bertz CT molecular complexity index is 1120. The molecule has 1 fully saturated rings. The van der Waals surface area contributed by atoms with Crippen molar-refractivity contribution in [2.24, 2.45) is 23.2 Å². The molecule has 0 amide bonds. The zero-order valence-electron chi connectivity index (χ0n) is 22.3. The van der Waals surface area contributed by atoms with E-state index >= 15 is 0 Å². The van der Waals surface area contributed by atoms with Crippen LogP contribution in [0, 0.1) is 30.1 Å². The van der Waals surface area contributed by atoms with E-state index in [2.05, 4.69) is 131 Å². The van der Waals surface area contributed by atoms with Gasteiger partial charge in [-0.2, -0.15) is 0 Å². The average molecular weight is 468 g/mol. The monoisotopic (exact) mass is 467 g/mol. The van der Waals surface area contributed by atoms with E-state index in [9.17, 15) is 0 Å². The van der Waals surface area contributed by atoms with Gasteiger partial charge in [0.25, 0.3) is 0 Å². The number of nitrogens with zero attached hydrogens (tertiary/aromatic N) is 1. The van der Waals surface area contributed by atoms with Crippen molar-refractivity contribution in [3.63, 3.8) is 0 Å². The maximum atomic E-state index is 6.38. The van der Waals surface area contributed by atoms with Gasteiger partial charge in [-0.1, -0.05) is 62.8 Å². The van der Waals surface area contributed by atoms with Crippen LogP contribution in [-0.2, 0) is 0 Å². The van der Waals surface area contributed by atoms with Crippen molar-refractivity contribution >= 4 is 17.1 Å². The fraction of sp³-hybridized carbons (Fsp3) is 0.394. The average Bonchev–Trinajstić information content (AvgIpc) is 3.22. The summed E-state index contributed by atoms with van der Waals surface area (Å²) in [6.45, 7) is 14.5. The van der Waals surface area contributed by atoms with Crippen LogP contribution in [0.3, 0.4) is 0 Å². The van der Waals surface area contributed by atoms with Gasteiger partial charge in [-0.25, -0.2) is 0 Å². The number of hydrogen-bond acceptors (Lipinski definition) is 2. The predicted molar refractivity (Wildman–Crippen MR) is 150 cm³/mol. The highest BCUT2D eigenvalue weighted by atomic mass is 16.5. The molecule has 0 saturated heterocycles. The summed E-state index contributed by atoms with van der Waals surface area (Å²) in [6.07, 6.45) is 4.98. The summed E-state index contributed by atoms with van der Waals surface area (Å²) in [5.74, 6) is 2.87. The van der Waals surface area contributed by atoms with Gasteiger partial charge in [0.1, 0.15) is 5.75 Å². The highest BCUT2D eigenvalue weighted by Gasteiger charge is 2.38. The lowest BCUT2D eigenvalue weighted by Crippen LogP contribution is -2.18. The van der Waals surface area contributed by atoms with Crippen LogP contribution in [0.25, 0.3) is 0 Å². The molecule has 0 spiro atoms. The van der Waals surface area contributed by atoms with Crippen molar-refractivity contribution < 1.29 is 4.74 Å². The Hall–Kier alpha value is -3.00. The first-order chi connectivity index (χ1) is 16.7. The minimum Gasteiger partial charge on any atom is -0.493 e. The van der Waals surface area contributed by atoms with Gasteiger partial charge >= 0.3 is 0 Å². The van der Waals surface area contributed by atoms with Crippen LogP contribution in [0.5, 0.6) is 5.75 Å². The Morgan fingerprint density at radius 1 is 0.857 bits per heavy atom. The Labute approximate surface area is 212 Å². The number of allylic oxidation sites excluding steroid dienone is 2. The van der Waals surface area contributed by atoms with Gasteiger partial charge in [-0.05, 0) is 111 Å². The van der Waals surface area contributed by atoms with E-state index in [1.807, 2.05) is 0 Å². The van der Waals surface area contributed by atoms with Crippen LogP contribution in [0.2, 0.25) is 0 Å². The number of benzene rings is 3. The van der Waals surface area contributed by atoms with Crippen molar-refractivity contribution in [2.45, 2.75) is 54.4 Å². The van der Waals surface area contributed by atoms with Crippen LogP contribution in [0.4, 0.5) is 17.1 Å². The third kappa shape index (κ3) is 6.36. The molecule has 0 radical (unpaired) electrons. The van der Waals surface area contributed by atoms with E-state index in [1.165, 1.54) is 24.0 Å². The first-order valence-electron chi connectivity index (χ1n) is 13.0. The van der Waals surface area contributed by atoms with E-state index in [0.717, 1.165) is 35.3 Å². The summed E-state index contributed by atoms with van der Waals surface area (Å²) in [5.41, 5.74) is 6.45. The molecule has 3 atom stereocenters. The van der Waals surface area contributed by atoms with Crippen LogP contribution < -0.4 is 9.64 Å². The molecular formula is C33H41NO. The fourth-order valence-corrected chi connectivity index (χ4v) is 5.37. The van der Waals surface area contributed by atoms with Crippen molar-refractivity contribution in [2.75, 3.05) is 11.5 Å². The summed E-state index contributed by atoms with van der Waals surface area (Å²) in [7, 11) is 0. The topological polar surface area (TPSA) is 12.5 Å². The minimum atomic E-state index is 0.348. The molecule has 0 N–H and O–H groups in total. The van der Waals surface area contributed by atoms with E-state index in [1.54, 1.807) is 0 Å². The number of aryl methyl sites for hydroxylation is 1. The smallest absolute Gasteiger partial charge is 0.119 e. The minimum absolute atomic E-state index is 0.348. The van der Waals surface area contributed by atoms with Gasteiger partial charge in [-0.3, -0.25) is 0 Å². The maximum Gasteiger partial charge on any atom is 0.119 e. The number of para-hydroxylation sites is 1. The lowest BCUT2D eigenvalue weighted by Gasteiger charge is -2.27. The summed E-state index contributed by atoms with van der Waals surface area (Å²) >= 11 is 0. The van der Waals surface area contributed by atoms with E-state index in [4.69, 9.17) is 4.74 Å². The molecule has 2 nitrogen and oxygen atoms in total. The number of rotatable bonds is 7. The molecule has 3 aromatic carbocycles. The first kappa shape index (κ1) is 25.1. The molecule has 3 unspecified atom stereocenters. The van der Waals surface area contributed by atoms with Crippen LogP contribution in [-0.4, -0.2) is 6.61 Å². The zero-order valence-corrected chi connectivity index (χ0v) is 22.3. The maximum absolute atomic E-state index is 6.38. The Morgan fingerprint density at radius 2 is 1.51 bits per heavy atom. The molecule has 0 bridgehead atoms. The normalized spacial score (nSPS) is 19.9. The second-order valence-electron chi connectivity index (χ2n) is 11.5. The van der Waals surface area contributed by atoms with Gasteiger partial charge in [0.15, 0.2) is 0 Å². The highest BCUT2D eigenvalue weighted by molar-refractivity contribution is 5.76. The zero-order chi connectivity index (χ0) is 25.0. The third-order valence-electron chi connectivity index (χ3n) is 7.35. The summed E-state index contributed by atoms with van der Waals surface area (Å²) in [6, 6.07) is 27.8. The lowest BCUT2D eigenvalue weighted by atomic mass is 9.79. The van der Waals surface area contributed by atoms with E-state index < -0.39 is 0 Å². The molecular weight excluding hydrogens is 426 g/mol. The second kappa shape index (κ2) is 10.7. The van der Waals surface area contributed by atoms with Gasteiger partial charge < -0.3 is 9.64 Å². The Kier molecular flexibility index (Phi) is 7.69. The molecule has 1 aliphatic rings. The quantitative estimate of drug-likeness (QED) is 0.321.